The first kappa shape index (κ1) is 10.9. The van der Waals surface area contributed by atoms with Crippen molar-refractivity contribution in [2.75, 3.05) is 0 Å². The average molecular weight is 331 g/mol. The molecular formula is C11H9Br2NO. The van der Waals surface area contributed by atoms with E-state index in [-0.39, 0.29) is 6.04 Å². The van der Waals surface area contributed by atoms with Gasteiger partial charge in [0.15, 0.2) is 4.67 Å². The zero-order chi connectivity index (χ0) is 10.8. The van der Waals surface area contributed by atoms with Crippen molar-refractivity contribution < 1.29 is 4.42 Å². The lowest BCUT2D eigenvalue weighted by Crippen LogP contribution is -2.10. The molecule has 1 aromatic carbocycles. The minimum absolute atomic E-state index is 0.228. The van der Waals surface area contributed by atoms with Gasteiger partial charge in [0.2, 0.25) is 0 Å². The summed E-state index contributed by atoms with van der Waals surface area (Å²) in [6, 6.07) is 11.4. The van der Waals surface area contributed by atoms with Gasteiger partial charge < -0.3 is 10.2 Å². The van der Waals surface area contributed by atoms with Crippen LogP contribution in [0.5, 0.6) is 0 Å². The van der Waals surface area contributed by atoms with Crippen molar-refractivity contribution in [2.24, 2.45) is 5.73 Å². The zero-order valence-corrected chi connectivity index (χ0v) is 11.0. The zero-order valence-electron chi connectivity index (χ0n) is 7.78. The van der Waals surface area contributed by atoms with Crippen LogP contribution in [0.3, 0.4) is 0 Å². The lowest BCUT2D eigenvalue weighted by molar-refractivity contribution is 0.470. The normalized spacial score (nSPS) is 12.7. The molecule has 0 spiro atoms. The number of rotatable bonds is 2. The van der Waals surface area contributed by atoms with Crippen LogP contribution in [0.15, 0.2) is 50.0 Å². The molecule has 0 aliphatic rings. The number of hydrogen-bond donors (Lipinski definition) is 1. The third-order valence-corrected chi connectivity index (χ3v) is 3.03. The summed E-state index contributed by atoms with van der Waals surface area (Å²) in [7, 11) is 0. The first-order chi connectivity index (χ1) is 7.16. The van der Waals surface area contributed by atoms with E-state index in [1.165, 1.54) is 0 Å². The number of hydrogen-bond acceptors (Lipinski definition) is 2. The van der Waals surface area contributed by atoms with Gasteiger partial charge in [-0.3, -0.25) is 0 Å². The van der Waals surface area contributed by atoms with Gasteiger partial charge in [-0.15, -0.1) is 0 Å². The van der Waals surface area contributed by atoms with E-state index < -0.39 is 0 Å². The second-order valence-electron chi connectivity index (χ2n) is 3.17. The molecule has 2 nitrogen and oxygen atoms in total. The maximum absolute atomic E-state index is 6.06. The first-order valence-corrected chi connectivity index (χ1v) is 6.01. The Morgan fingerprint density at radius 1 is 1.13 bits per heavy atom. The van der Waals surface area contributed by atoms with Gasteiger partial charge in [-0.25, -0.2) is 0 Å². The Morgan fingerprint density at radius 2 is 1.93 bits per heavy atom. The van der Waals surface area contributed by atoms with Gasteiger partial charge >= 0.3 is 0 Å². The molecule has 4 heteroatoms. The van der Waals surface area contributed by atoms with Crippen LogP contribution >= 0.6 is 31.9 Å². The van der Waals surface area contributed by atoms with E-state index in [0.29, 0.717) is 4.67 Å². The molecule has 2 N–H and O–H groups in total. The largest absolute Gasteiger partial charge is 0.452 e. The fraction of sp³-hybridized carbons (Fsp3) is 0.0909. The minimum Gasteiger partial charge on any atom is -0.452 e. The van der Waals surface area contributed by atoms with Gasteiger partial charge in [0.1, 0.15) is 5.76 Å². The summed E-state index contributed by atoms with van der Waals surface area (Å²) in [4.78, 5) is 0. The van der Waals surface area contributed by atoms with Gasteiger partial charge in [0, 0.05) is 4.47 Å². The summed E-state index contributed by atoms with van der Waals surface area (Å²) in [6.45, 7) is 0. The molecule has 1 unspecified atom stereocenters. The van der Waals surface area contributed by atoms with Crippen LogP contribution in [0, 0.1) is 0 Å². The molecule has 0 fully saturated rings. The summed E-state index contributed by atoms with van der Waals surface area (Å²) in [5.74, 6) is 0.750. The monoisotopic (exact) mass is 329 g/mol. The summed E-state index contributed by atoms with van der Waals surface area (Å²) in [6.07, 6.45) is 0. The van der Waals surface area contributed by atoms with Crippen LogP contribution in [0.25, 0.3) is 0 Å². The maximum Gasteiger partial charge on any atom is 0.169 e. The second kappa shape index (κ2) is 4.51. The van der Waals surface area contributed by atoms with Crippen molar-refractivity contribution in [1.82, 2.24) is 0 Å². The Morgan fingerprint density at radius 3 is 2.53 bits per heavy atom. The SMILES string of the molecule is NC(c1cccc(Br)c1)c1ccc(Br)o1. The molecule has 0 saturated heterocycles. The minimum atomic E-state index is -0.228. The van der Waals surface area contributed by atoms with E-state index in [4.69, 9.17) is 10.2 Å². The predicted molar refractivity (Wildman–Crippen MR) is 66.6 cm³/mol. The standard InChI is InChI=1S/C11H9Br2NO/c12-8-3-1-2-7(6-8)11(14)9-4-5-10(13)15-9/h1-6,11H,14H2. The van der Waals surface area contributed by atoms with E-state index in [0.717, 1.165) is 15.8 Å². The maximum atomic E-state index is 6.06. The fourth-order valence-corrected chi connectivity index (χ4v) is 2.10. The van der Waals surface area contributed by atoms with Gasteiger partial charge in [-0.1, -0.05) is 28.1 Å². The Balaban J connectivity index is 2.32. The molecule has 78 valence electrons. The Hall–Kier alpha value is -0.580. The van der Waals surface area contributed by atoms with Crippen molar-refractivity contribution in [3.8, 4) is 0 Å². The van der Waals surface area contributed by atoms with E-state index in [1.807, 2.05) is 36.4 Å². The molecule has 0 radical (unpaired) electrons. The van der Waals surface area contributed by atoms with Crippen LogP contribution in [0.1, 0.15) is 17.4 Å². The van der Waals surface area contributed by atoms with Crippen LogP contribution in [-0.4, -0.2) is 0 Å². The molecule has 2 rings (SSSR count). The van der Waals surface area contributed by atoms with E-state index in [1.54, 1.807) is 0 Å². The lowest BCUT2D eigenvalue weighted by atomic mass is 10.1. The van der Waals surface area contributed by atoms with E-state index in [9.17, 15) is 0 Å². The quantitative estimate of drug-likeness (QED) is 0.908. The van der Waals surface area contributed by atoms with E-state index in [2.05, 4.69) is 31.9 Å². The van der Waals surface area contributed by atoms with Crippen LogP contribution in [0.4, 0.5) is 0 Å². The topological polar surface area (TPSA) is 39.2 Å². The van der Waals surface area contributed by atoms with Crippen LogP contribution in [0.2, 0.25) is 0 Å². The summed E-state index contributed by atoms with van der Waals surface area (Å²) in [5, 5.41) is 0. The van der Waals surface area contributed by atoms with Gasteiger partial charge in [-0.05, 0) is 45.8 Å². The Kier molecular flexibility index (Phi) is 3.29. The van der Waals surface area contributed by atoms with Crippen molar-refractivity contribution >= 4 is 31.9 Å². The third kappa shape index (κ3) is 2.51. The molecular weight excluding hydrogens is 322 g/mol. The lowest BCUT2D eigenvalue weighted by Gasteiger charge is -2.09. The molecule has 1 atom stereocenters. The molecule has 1 aromatic heterocycles. The van der Waals surface area contributed by atoms with E-state index >= 15 is 0 Å². The molecule has 0 aliphatic heterocycles. The van der Waals surface area contributed by atoms with Crippen molar-refractivity contribution in [3.63, 3.8) is 0 Å². The summed E-state index contributed by atoms with van der Waals surface area (Å²) in [5.41, 5.74) is 7.08. The smallest absolute Gasteiger partial charge is 0.169 e. The Bertz CT molecular complexity index is 467. The molecule has 2 aromatic rings. The number of furan rings is 1. The van der Waals surface area contributed by atoms with Crippen molar-refractivity contribution in [1.29, 1.82) is 0 Å². The van der Waals surface area contributed by atoms with Crippen molar-refractivity contribution in [3.05, 3.63) is 56.9 Å². The van der Waals surface area contributed by atoms with Gasteiger partial charge in [0.05, 0.1) is 6.04 Å². The Labute approximate surface area is 105 Å². The van der Waals surface area contributed by atoms with Crippen molar-refractivity contribution in [2.45, 2.75) is 6.04 Å². The second-order valence-corrected chi connectivity index (χ2v) is 4.87. The molecule has 0 aliphatic carbocycles. The van der Waals surface area contributed by atoms with Crippen LogP contribution in [-0.2, 0) is 0 Å². The number of nitrogens with two attached hydrogens (primary N) is 1. The molecule has 0 bridgehead atoms. The fourth-order valence-electron chi connectivity index (χ4n) is 1.36. The molecule has 0 saturated carbocycles. The highest BCUT2D eigenvalue weighted by atomic mass is 79.9. The summed E-state index contributed by atoms with van der Waals surface area (Å²) >= 11 is 6.67. The van der Waals surface area contributed by atoms with Crippen LogP contribution < -0.4 is 5.73 Å². The number of benzene rings is 1. The summed E-state index contributed by atoms with van der Waals surface area (Å²) < 4.78 is 7.13. The first-order valence-electron chi connectivity index (χ1n) is 4.43. The highest BCUT2D eigenvalue weighted by molar-refractivity contribution is 9.10. The number of halogens is 2. The molecule has 0 amide bonds. The average Bonchev–Trinajstić information content (AvgIpc) is 2.64. The molecule has 15 heavy (non-hydrogen) atoms. The van der Waals surface area contributed by atoms with Gasteiger partial charge in [0.25, 0.3) is 0 Å². The van der Waals surface area contributed by atoms with Gasteiger partial charge in [-0.2, -0.15) is 0 Å². The third-order valence-electron chi connectivity index (χ3n) is 2.11. The highest BCUT2D eigenvalue weighted by Crippen LogP contribution is 2.25. The highest BCUT2D eigenvalue weighted by Gasteiger charge is 2.12. The predicted octanol–water partition coefficient (Wildman–Crippen LogP) is 3.85. The molecule has 1 heterocycles.